The second-order valence-electron chi connectivity index (χ2n) is 4.40. The maximum absolute atomic E-state index is 11.6. The van der Waals surface area contributed by atoms with Crippen LogP contribution in [0.1, 0.15) is 30.6 Å². The zero-order valence-electron chi connectivity index (χ0n) is 10.8. The Kier molecular flexibility index (Phi) is 5.72. The van der Waals surface area contributed by atoms with Crippen LogP contribution >= 0.6 is 0 Å². The van der Waals surface area contributed by atoms with Crippen LogP contribution in [0.5, 0.6) is 0 Å². The zero-order valence-corrected chi connectivity index (χ0v) is 10.8. The van der Waals surface area contributed by atoms with Crippen molar-refractivity contribution in [1.82, 2.24) is 0 Å². The number of rotatable bonds is 6. The van der Waals surface area contributed by atoms with Gasteiger partial charge in [-0.3, -0.25) is 0 Å². The summed E-state index contributed by atoms with van der Waals surface area (Å²) in [5.41, 5.74) is 1.44. The van der Waals surface area contributed by atoms with Gasteiger partial charge in [0.25, 0.3) is 0 Å². The number of nitrogens with zero attached hydrogens (tertiary/aromatic N) is 1. The summed E-state index contributed by atoms with van der Waals surface area (Å²) >= 11 is 0. The third-order valence-electron chi connectivity index (χ3n) is 2.23. The van der Waals surface area contributed by atoms with Crippen LogP contribution < -0.4 is 5.32 Å². The molecular formula is C14H18N2O2. The highest BCUT2D eigenvalue weighted by Crippen LogP contribution is 2.11. The molecule has 0 atom stereocenters. The molecule has 1 aromatic rings. The summed E-state index contributed by atoms with van der Waals surface area (Å²) in [6.07, 6.45) is 0.457. The molecule has 1 aromatic carbocycles. The third kappa shape index (κ3) is 4.88. The molecule has 0 aliphatic rings. The van der Waals surface area contributed by atoms with Gasteiger partial charge in [-0.05, 0) is 30.2 Å². The molecule has 0 aliphatic heterocycles. The molecule has 0 aromatic heterocycles. The average Bonchev–Trinajstić information content (AvgIpc) is 2.37. The van der Waals surface area contributed by atoms with Gasteiger partial charge in [-0.15, -0.1) is 0 Å². The molecule has 0 bridgehead atoms. The Morgan fingerprint density at radius 2 is 2.06 bits per heavy atom. The Balaban J connectivity index is 2.49. The summed E-state index contributed by atoms with van der Waals surface area (Å²) in [5.74, 6) is 0.0353. The summed E-state index contributed by atoms with van der Waals surface area (Å²) in [5, 5.41) is 11.5. The van der Waals surface area contributed by atoms with Crippen molar-refractivity contribution in [1.29, 1.82) is 5.26 Å². The van der Waals surface area contributed by atoms with E-state index in [4.69, 9.17) is 10.00 Å². The molecule has 4 heteroatoms. The van der Waals surface area contributed by atoms with Crippen molar-refractivity contribution in [2.45, 2.75) is 20.3 Å². The molecule has 1 N–H and O–H groups in total. The SMILES string of the molecule is CC(C)COC(=O)c1ccc(NCCC#N)cc1. The molecule has 0 spiro atoms. The summed E-state index contributed by atoms with van der Waals surface area (Å²) in [4.78, 5) is 11.6. The lowest BCUT2D eigenvalue weighted by Crippen LogP contribution is -2.10. The first kappa shape index (κ1) is 14.0. The number of benzene rings is 1. The molecule has 0 unspecified atom stereocenters. The number of carbonyl (C=O) groups is 1. The van der Waals surface area contributed by atoms with E-state index in [1.54, 1.807) is 12.1 Å². The highest BCUT2D eigenvalue weighted by atomic mass is 16.5. The van der Waals surface area contributed by atoms with E-state index < -0.39 is 0 Å². The molecule has 0 fully saturated rings. The number of nitriles is 1. The number of ether oxygens (including phenoxy) is 1. The van der Waals surface area contributed by atoms with E-state index in [2.05, 4.69) is 11.4 Å². The lowest BCUT2D eigenvalue weighted by Gasteiger charge is -2.08. The van der Waals surface area contributed by atoms with Crippen LogP contribution in [-0.4, -0.2) is 19.1 Å². The quantitative estimate of drug-likeness (QED) is 0.619. The van der Waals surface area contributed by atoms with Crippen LogP contribution in [0, 0.1) is 17.2 Å². The lowest BCUT2D eigenvalue weighted by atomic mass is 10.2. The second kappa shape index (κ2) is 7.33. The van der Waals surface area contributed by atoms with Gasteiger partial charge in [0.15, 0.2) is 0 Å². The van der Waals surface area contributed by atoms with Crippen molar-refractivity contribution < 1.29 is 9.53 Å². The van der Waals surface area contributed by atoms with Crippen molar-refractivity contribution in [3.63, 3.8) is 0 Å². The molecule has 0 aliphatic carbocycles. The van der Waals surface area contributed by atoms with E-state index in [9.17, 15) is 4.79 Å². The van der Waals surface area contributed by atoms with Crippen molar-refractivity contribution in [3.8, 4) is 6.07 Å². The number of hydrogen-bond acceptors (Lipinski definition) is 4. The van der Waals surface area contributed by atoms with E-state index in [1.165, 1.54) is 0 Å². The van der Waals surface area contributed by atoms with Crippen LogP contribution in [0.4, 0.5) is 5.69 Å². The summed E-state index contributed by atoms with van der Waals surface area (Å²) < 4.78 is 5.13. The molecule has 0 amide bonds. The number of carbonyl (C=O) groups excluding carboxylic acids is 1. The maximum atomic E-state index is 11.6. The van der Waals surface area contributed by atoms with Gasteiger partial charge >= 0.3 is 5.97 Å². The molecule has 0 saturated heterocycles. The fourth-order valence-corrected chi connectivity index (χ4v) is 1.31. The van der Waals surface area contributed by atoms with E-state index in [0.717, 1.165) is 5.69 Å². The van der Waals surface area contributed by atoms with E-state index in [-0.39, 0.29) is 5.97 Å². The van der Waals surface area contributed by atoms with Crippen molar-refractivity contribution in [2.24, 2.45) is 5.92 Å². The lowest BCUT2D eigenvalue weighted by molar-refractivity contribution is 0.0459. The smallest absolute Gasteiger partial charge is 0.338 e. The van der Waals surface area contributed by atoms with Gasteiger partial charge in [-0.2, -0.15) is 5.26 Å². The predicted octanol–water partition coefficient (Wildman–Crippen LogP) is 2.82. The summed E-state index contributed by atoms with van der Waals surface area (Å²) in [6, 6.07) is 9.12. The van der Waals surface area contributed by atoms with Crippen LogP contribution in [0.2, 0.25) is 0 Å². The molecule has 1 rings (SSSR count). The molecule has 0 heterocycles. The topological polar surface area (TPSA) is 62.1 Å². The standard InChI is InChI=1S/C14H18N2O2/c1-11(2)10-18-14(17)12-4-6-13(7-5-12)16-9-3-8-15/h4-7,11,16H,3,9-10H2,1-2H3. The molecule has 18 heavy (non-hydrogen) atoms. The minimum atomic E-state index is -0.299. The van der Waals surface area contributed by atoms with Crippen molar-refractivity contribution in [2.75, 3.05) is 18.5 Å². The number of hydrogen-bond donors (Lipinski definition) is 1. The molecule has 96 valence electrons. The Labute approximate surface area is 108 Å². The molecular weight excluding hydrogens is 228 g/mol. The summed E-state index contributed by atoms with van der Waals surface area (Å²) in [7, 11) is 0. The predicted molar refractivity (Wildman–Crippen MR) is 70.3 cm³/mol. The summed E-state index contributed by atoms with van der Waals surface area (Å²) in [6.45, 7) is 5.03. The largest absolute Gasteiger partial charge is 0.462 e. The number of anilines is 1. The van der Waals surface area contributed by atoms with Crippen molar-refractivity contribution in [3.05, 3.63) is 29.8 Å². The monoisotopic (exact) mass is 246 g/mol. The fourth-order valence-electron chi connectivity index (χ4n) is 1.31. The highest BCUT2D eigenvalue weighted by Gasteiger charge is 2.07. The molecule has 0 radical (unpaired) electrons. The van der Waals surface area contributed by atoms with Crippen LogP contribution in [0.25, 0.3) is 0 Å². The number of esters is 1. The second-order valence-corrected chi connectivity index (χ2v) is 4.40. The van der Waals surface area contributed by atoms with Gasteiger partial charge in [0.2, 0.25) is 0 Å². The minimum absolute atomic E-state index is 0.299. The van der Waals surface area contributed by atoms with Crippen LogP contribution in [-0.2, 0) is 4.74 Å². The first-order valence-electron chi connectivity index (χ1n) is 6.01. The number of nitrogens with one attached hydrogen (secondary N) is 1. The molecule has 0 saturated carbocycles. The fraction of sp³-hybridized carbons (Fsp3) is 0.429. The highest BCUT2D eigenvalue weighted by molar-refractivity contribution is 5.89. The Hall–Kier alpha value is -2.02. The Morgan fingerprint density at radius 1 is 1.39 bits per heavy atom. The van der Waals surface area contributed by atoms with Gasteiger partial charge in [-0.25, -0.2) is 4.79 Å². The average molecular weight is 246 g/mol. The van der Waals surface area contributed by atoms with Crippen LogP contribution in [0.15, 0.2) is 24.3 Å². The van der Waals surface area contributed by atoms with E-state index in [0.29, 0.717) is 31.1 Å². The van der Waals surface area contributed by atoms with Gasteiger partial charge in [0, 0.05) is 12.2 Å². The first-order valence-corrected chi connectivity index (χ1v) is 6.01. The zero-order chi connectivity index (χ0) is 13.4. The normalized spacial score (nSPS) is 9.89. The van der Waals surface area contributed by atoms with Crippen molar-refractivity contribution >= 4 is 11.7 Å². The molecule has 4 nitrogen and oxygen atoms in total. The Morgan fingerprint density at radius 3 is 2.61 bits per heavy atom. The van der Waals surface area contributed by atoms with Gasteiger partial charge in [0.05, 0.1) is 24.7 Å². The third-order valence-corrected chi connectivity index (χ3v) is 2.23. The van der Waals surface area contributed by atoms with Gasteiger partial charge in [0.1, 0.15) is 0 Å². The van der Waals surface area contributed by atoms with Gasteiger partial charge in [-0.1, -0.05) is 13.8 Å². The van der Waals surface area contributed by atoms with Crippen LogP contribution in [0.3, 0.4) is 0 Å². The minimum Gasteiger partial charge on any atom is -0.462 e. The maximum Gasteiger partial charge on any atom is 0.338 e. The Bertz CT molecular complexity index is 418. The van der Waals surface area contributed by atoms with E-state index >= 15 is 0 Å². The van der Waals surface area contributed by atoms with E-state index in [1.807, 2.05) is 26.0 Å². The first-order chi connectivity index (χ1) is 8.63. The van der Waals surface area contributed by atoms with Gasteiger partial charge < -0.3 is 10.1 Å².